The predicted octanol–water partition coefficient (Wildman–Crippen LogP) is 6.94. The summed E-state index contributed by atoms with van der Waals surface area (Å²) in [5.74, 6) is -1.37. The lowest BCUT2D eigenvalue weighted by molar-refractivity contribution is -0.296. The average molecular weight is 523 g/mol. The highest BCUT2D eigenvalue weighted by Gasteiger charge is 2.81. The van der Waals surface area contributed by atoms with Gasteiger partial charge in [0.15, 0.2) is 5.41 Å². The molecular weight excluding hydrogens is 488 g/mol. The third kappa shape index (κ3) is 4.15. The first kappa shape index (κ1) is 26.7. The van der Waals surface area contributed by atoms with E-state index in [0.29, 0.717) is 30.8 Å². The molecule has 2 aliphatic heterocycles. The minimum atomic E-state index is -1.95. The summed E-state index contributed by atoms with van der Waals surface area (Å²) >= 11 is 0. The first-order valence-corrected chi connectivity index (χ1v) is 14.0. The monoisotopic (exact) mass is 522 g/mol. The maximum absolute atomic E-state index is 10.7. The third-order valence-corrected chi connectivity index (χ3v) is 8.88. The molecule has 3 fully saturated rings. The Bertz CT molecular complexity index is 1310. The van der Waals surface area contributed by atoms with Crippen LogP contribution in [-0.4, -0.2) is 18.3 Å². The molecule has 1 N–H and O–H groups in total. The standard InChI is InChI=1S/C32H34N4O3/c1-2-3-4-5-9-18-37-26-14-12-24(13-15-26)28-30(20-33,21-34)31(22-35)27-19-25(23-10-7-6-8-11-23)16-17-32(27,38-28)39-29(31)36/h6-8,10-15,25,27-28,36H,2-5,9,16-19H2,1H3. The van der Waals surface area contributed by atoms with Gasteiger partial charge in [0.25, 0.3) is 0 Å². The number of ether oxygens (including phenoxy) is 3. The highest BCUT2D eigenvalue weighted by molar-refractivity contribution is 5.89. The van der Waals surface area contributed by atoms with E-state index in [2.05, 4.69) is 37.3 Å². The van der Waals surface area contributed by atoms with Crippen LogP contribution in [0, 0.1) is 56.2 Å². The molecule has 5 rings (SSSR count). The number of hydrogen-bond donors (Lipinski definition) is 1. The van der Waals surface area contributed by atoms with Crippen LogP contribution in [0.25, 0.3) is 0 Å². The van der Waals surface area contributed by atoms with Crippen LogP contribution in [0.4, 0.5) is 0 Å². The fourth-order valence-corrected chi connectivity index (χ4v) is 6.80. The average Bonchev–Trinajstić information content (AvgIpc) is 3.18. The van der Waals surface area contributed by atoms with Gasteiger partial charge < -0.3 is 14.2 Å². The minimum Gasteiger partial charge on any atom is -0.494 e. The predicted molar refractivity (Wildman–Crippen MR) is 144 cm³/mol. The van der Waals surface area contributed by atoms with Gasteiger partial charge in [-0.3, -0.25) is 5.41 Å². The van der Waals surface area contributed by atoms with Crippen LogP contribution in [0.5, 0.6) is 5.75 Å². The first-order chi connectivity index (χ1) is 19.0. The maximum atomic E-state index is 10.7. The molecule has 2 saturated heterocycles. The van der Waals surface area contributed by atoms with Crippen molar-refractivity contribution in [3.63, 3.8) is 0 Å². The van der Waals surface area contributed by atoms with Gasteiger partial charge in [-0.1, -0.05) is 75.1 Å². The zero-order chi connectivity index (χ0) is 27.5. The van der Waals surface area contributed by atoms with Crippen molar-refractivity contribution in [3.8, 4) is 24.0 Å². The second-order valence-corrected chi connectivity index (χ2v) is 11.0. The smallest absolute Gasteiger partial charge is 0.217 e. The van der Waals surface area contributed by atoms with Crippen LogP contribution in [-0.2, 0) is 9.47 Å². The molecule has 0 amide bonds. The summed E-state index contributed by atoms with van der Waals surface area (Å²) in [6.07, 6.45) is 6.40. The van der Waals surface area contributed by atoms with E-state index in [1.807, 2.05) is 30.3 Å². The van der Waals surface area contributed by atoms with Crippen LogP contribution in [0.2, 0.25) is 0 Å². The summed E-state index contributed by atoms with van der Waals surface area (Å²) in [4.78, 5) is 0. The summed E-state index contributed by atoms with van der Waals surface area (Å²) < 4.78 is 18.6. The van der Waals surface area contributed by atoms with E-state index in [9.17, 15) is 15.8 Å². The molecule has 5 unspecified atom stereocenters. The summed E-state index contributed by atoms with van der Waals surface area (Å²) in [7, 11) is 0. The molecule has 2 aromatic carbocycles. The lowest BCUT2D eigenvalue weighted by Gasteiger charge is -2.52. The van der Waals surface area contributed by atoms with Crippen molar-refractivity contribution in [2.75, 3.05) is 6.61 Å². The Morgan fingerprint density at radius 3 is 2.31 bits per heavy atom. The zero-order valence-corrected chi connectivity index (χ0v) is 22.4. The van der Waals surface area contributed by atoms with E-state index in [1.54, 1.807) is 12.1 Å². The molecule has 0 spiro atoms. The van der Waals surface area contributed by atoms with Crippen LogP contribution in [0.1, 0.15) is 81.4 Å². The van der Waals surface area contributed by atoms with Crippen LogP contribution >= 0.6 is 0 Å². The van der Waals surface area contributed by atoms with Gasteiger partial charge in [-0.2, -0.15) is 15.8 Å². The molecule has 200 valence electrons. The second-order valence-electron chi connectivity index (χ2n) is 11.0. The van der Waals surface area contributed by atoms with Gasteiger partial charge >= 0.3 is 0 Å². The topological polar surface area (TPSA) is 123 Å². The highest BCUT2D eigenvalue weighted by Crippen LogP contribution is 2.70. The Labute approximate surface area is 230 Å². The zero-order valence-electron chi connectivity index (χ0n) is 22.4. The molecular formula is C32H34N4O3. The van der Waals surface area contributed by atoms with Gasteiger partial charge in [0.2, 0.25) is 17.1 Å². The van der Waals surface area contributed by atoms with Gasteiger partial charge in [0, 0.05) is 6.42 Å². The van der Waals surface area contributed by atoms with Crippen LogP contribution < -0.4 is 4.74 Å². The molecule has 1 aliphatic carbocycles. The van der Waals surface area contributed by atoms with Crippen molar-refractivity contribution in [1.82, 2.24) is 0 Å². The van der Waals surface area contributed by atoms with Gasteiger partial charge in [-0.05, 0) is 48.4 Å². The Morgan fingerprint density at radius 2 is 1.64 bits per heavy atom. The molecule has 2 bridgehead atoms. The minimum absolute atomic E-state index is 0.111. The molecule has 2 heterocycles. The van der Waals surface area contributed by atoms with Crippen LogP contribution in [0.15, 0.2) is 54.6 Å². The Balaban J connectivity index is 1.45. The first-order valence-electron chi connectivity index (χ1n) is 14.0. The Morgan fingerprint density at radius 1 is 0.923 bits per heavy atom. The van der Waals surface area contributed by atoms with E-state index in [1.165, 1.54) is 19.3 Å². The van der Waals surface area contributed by atoms with Crippen molar-refractivity contribution in [3.05, 3.63) is 65.7 Å². The number of hydrogen-bond acceptors (Lipinski definition) is 7. The number of nitrogens with zero attached hydrogens (tertiary/aromatic N) is 3. The Kier molecular flexibility index (Phi) is 7.35. The number of benzene rings is 2. The number of nitrogens with one attached hydrogen (secondary N) is 1. The summed E-state index contributed by atoms with van der Waals surface area (Å²) in [6.45, 7) is 2.81. The summed E-state index contributed by atoms with van der Waals surface area (Å²) in [6, 6.07) is 23.8. The molecule has 7 heteroatoms. The molecule has 0 radical (unpaired) electrons. The fraction of sp³-hybridized carbons (Fsp3) is 0.500. The normalized spacial score (nSPS) is 30.2. The molecule has 5 atom stereocenters. The van der Waals surface area contributed by atoms with E-state index in [4.69, 9.17) is 19.6 Å². The molecule has 0 aromatic heterocycles. The van der Waals surface area contributed by atoms with Crippen molar-refractivity contribution >= 4 is 5.90 Å². The lowest BCUT2D eigenvalue weighted by Crippen LogP contribution is -2.60. The SMILES string of the molecule is CCCCCCCOc1ccc(C2OC34CCC(c5ccccc5)CC3C(C#N)(C(=N)O4)C2(C#N)C#N)cc1. The molecule has 3 aliphatic rings. The van der Waals surface area contributed by atoms with Crippen molar-refractivity contribution in [2.24, 2.45) is 16.7 Å². The largest absolute Gasteiger partial charge is 0.494 e. The third-order valence-electron chi connectivity index (χ3n) is 8.88. The van der Waals surface area contributed by atoms with Crippen molar-refractivity contribution in [1.29, 1.82) is 21.2 Å². The van der Waals surface area contributed by atoms with E-state index >= 15 is 0 Å². The maximum Gasteiger partial charge on any atom is 0.217 e. The summed E-state index contributed by atoms with van der Waals surface area (Å²) in [5.41, 5.74) is -1.98. The van der Waals surface area contributed by atoms with E-state index < -0.39 is 28.6 Å². The fourth-order valence-electron chi connectivity index (χ4n) is 6.80. The van der Waals surface area contributed by atoms with Gasteiger partial charge in [0.1, 0.15) is 11.9 Å². The molecule has 1 saturated carbocycles. The van der Waals surface area contributed by atoms with Crippen LogP contribution in [0.3, 0.4) is 0 Å². The van der Waals surface area contributed by atoms with E-state index in [-0.39, 0.29) is 11.8 Å². The Hall–Kier alpha value is -3.86. The quantitative estimate of drug-likeness (QED) is 0.356. The number of rotatable bonds is 9. The number of nitriles is 3. The van der Waals surface area contributed by atoms with E-state index in [0.717, 1.165) is 24.8 Å². The molecule has 39 heavy (non-hydrogen) atoms. The number of unbranched alkanes of at least 4 members (excludes halogenated alkanes) is 4. The second kappa shape index (κ2) is 10.7. The summed E-state index contributed by atoms with van der Waals surface area (Å²) in [5, 5.41) is 40.6. The van der Waals surface area contributed by atoms with Gasteiger partial charge in [0.05, 0.1) is 30.7 Å². The van der Waals surface area contributed by atoms with Gasteiger partial charge in [-0.25, -0.2) is 0 Å². The highest BCUT2D eigenvalue weighted by atomic mass is 16.7. The van der Waals surface area contributed by atoms with Gasteiger partial charge in [-0.15, -0.1) is 0 Å². The van der Waals surface area contributed by atoms with Crippen molar-refractivity contribution < 1.29 is 14.2 Å². The molecule has 7 nitrogen and oxygen atoms in total. The lowest BCUT2D eigenvalue weighted by atomic mass is 9.50. The van der Waals surface area contributed by atoms with Crippen molar-refractivity contribution in [2.45, 2.75) is 76.1 Å². The molecule has 2 aromatic rings.